The van der Waals surface area contributed by atoms with Gasteiger partial charge in [0.2, 0.25) is 0 Å². The molecule has 2 aliphatic carbocycles. The van der Waals surface area contributed by atoms with Crippen LogP contribution in [0.15, 0.2) is 0 Å². The third-order valence-corrected chi connectivity index (χ3v) is 6.11. The Morgan fingerprint density at radius 3 is 2.13 bits per heavy atom. The lowest BCUT2D eigenvalue weighted by atomic mass is 9.82. The van der Waals surface area contributed by atoms with Crippen molar-refractivity contribution in [1.82, 2.24) is 0 Å². The monoisotopic (exact) mass is 319 g/mol. The Kier molecular flexibility index (Phi) is 9.05. The maximum atomic E-state index is 8.96. The second-order valence-corrected chi connectivity index (χ2v) is 8.03. The van der Waals surface area contributed by atoms with Gasteiger partial charge in [0.25, 0.3) is 0 Å². The molecule has 0 aliphatic heterocycles. The molecule has 0 saturated heterocycles. The van der Waals surface area contributed by atoms with Crippen LogP contribution in [-0.4, -0.2) is 12.7 Å². The van der Waals surface area contributed by atoms with Gasteiger partial charge in [-0.3, -0.25) is 0 Å². The number of unbranched alkanes of at least 4 members (excludes halogenated alkanes) is 4. The summed E-state index contributed by atoms with van der Waals surface area (Å²) in [4.78, 5) is 0. The number of ether oxygens (including phenoxy) is 1. The van der Waals surface area contributed by atoms with E-state index in [-0.39, 0.29) is 0 Å². The first kappa shape index (κ1) is 18.8. The molecule has 0 bridgehead atoms. The van der Waals surface area contributed by atoms with E-state index in [0.717, 1.165) is 31.3 Å². The first-order chi connectivity index (χ1) is 11.3. The van der Waals surface area contributed by atoms with Crippen molar-refractivity contribution in [2.45, 2.75) is 103 Å². The minimum atomic E-state index is 0.319. The fraction of sp³-hybridized carbons (Fsp3) is 0.952. The summed E-state index contributed by atoms with van der Waals surface area (Å²) in [5.41, 5.74) is 0. The fourth-order valence-electron chi connectivity index (χ4n) is 4.35. The normalized spacial score (nSPS) is 31.7. The maximum Gasteiger partial charge on any atom is 0.0655 e. The third-order valence-electron chi connectivity index (χ3n) is 6.11. The number of hydrogen-bond acceptors (Lipinski definition) is 2. The Morgan fingerprint density at radius 2 is 1.48 bits per heavy atom. The molecule has 0 aromatic heterocycles. The molecule has 0 N–H and O–H groups in total. The third kappa shape index (κ3) is 7.25. The maximum absolute atomic E-state index is 8.96. The van der Waals surface area contributed by atoms with Crippen molar-refractivity contribution in [3.05, 3.63) is 0 Å². The highest BCUT2D eigenvalue weighted by Gasteiger charge is 2.24. The van der Waals surface area contributed by atoms with Gasteiger partial charge in [-0.2, -0.15) is 5.26 Å². The van der Waals surface area contributed by atoms with Gasteiger partial charge in [-0.1, -0.05) is 45.4 Å². The smallest absolute Gasteiger partial charge is 0.0655 e. The SMILES string of the molecule is CCCCCCCC1CCC(OCC2CCC(C#N)CC2)CC1. The topological polar surface area (TPSA) is 33.0 Å². The van der Waals surface area contributed by atoms with Crippen LogP contribution in [0, 0.1) is 29.1 Å². The van der Waals surface area contributed by atoms with Crippen molar-refractivity contribution in [2.24, 2.45) is 17.8 Å². The van der Waals surface area contributed by atoms with Crippen molar-refractivity contribution >= 4 is 0 Å². The largest absolute Gasteiger partial charge is 0.378 e. The van der Waals surface area contributed by atoms with E-state index in [4.69, 9.17) is 10.00 Å². The molecule has 0 heterocycles. The molecule has 0 aromatic rings. The van der Waals surface area contributed by atoms with Gasteiger partial charge in [0.05, 0.1) is 12.2 Å². The van der Waals surface area contributed by atoms with Crippen molar-refractivity contribution in [1.29, 1.82) is 5.26 Å². The first-order valence-electron chi connectivity index (χ1n) is 10.3. The molecular formula is C21H37NO. The molecule has 23 heavy (non-hydrogen) atoms. The lowest BCUT2D eigenvalue weighted by Gasteiger charge is -2.31. The summed E-state index contributed by atoms with van der Waals surface area (Å²) >= 11 is 0. The average Bonchev–Trinajstić information content (AvgIpc) is 2.61. The van der Waals surface area contributed by atoms with Crippen molar-refractivity contribution in [2.75, 3.05) is 6.61 Å². The first-order valence-corrected chi connectivity index (χ1v) is 10.3. The quantitative estimate of drug-likeness (QED) is 0.470. The van der Waals surface area contributed by atoms with Crippen LogP contribution >= 0.6 is 0 Å². The minimum Gasteiger partial charge on any atom is -0.378 e. The van der Waals surface area contributed by atoms with Gasteiger partial charge in [-0.25, -0.2) is 0 Å². The Hall–Kier alpha value is -0.550. The molecule has 2 aliphatic rings. The molecule has 2 rings (SSSR count). The van der Waals surface area contributed by atoms with E-state index >= 15 is 0 Å². The summed E-state index contributed by atoms with van der Waals surface area (Å²) in [6.45, 7) is 3.24. The molecule has 0 radical (unpaired) electrons. The molecule has 0 amide bonds. The van der Waals surface area contributed by atoms with Gasteiger partial charge in [0.15, 0.2) is 0 Å². The van der Waals surface area contributed by atoms with E-state index < -0.39 is 0 Å². The van der Waals surface area contributed by atoms with E-state index in [1.54, 1.807) is 0 Å². The van der Waals surface area contributed by atoms with Gasteiger partial charge < -0.3 is 4.74 Å². The molecule has 0 unspecified atom stereocenters. The summed E-state index contributed by atoms with van der Waals surface area (Å²) in [6.07, 6.45) is 19.0. The number of nitrogens with zero attached hydrogens (tertiary/aromatic N) is 1. The highest BCUT2D eigenvalue weighted by molar-refractivity contribution is 4.87. The Morgan fingerprint density at radius 1 is 0.826 bits per heavy atom. The van der Waals surface area contributed by atoms with Gasteiger partial charge in [-0.05, 0) is 63.2 Å². The van der Waals surface area contributed by atoms with Crippen LogP contribution in [0.4, 0.5) is 0 Å². The van der Waals surface area contributed by atoms with Crippen molar-refractivity contribution in [3.8, 4) is 6.07 Å². The molecule has 2 fully saturated rings. The summed E-state index contributed by atoms with van der Waals surface area (Å²) in [5.74, 6) is 2.01. The van der Waals surface area contributed by atoms with Gasteiger partial charge in [0.1, 0.15) is 0 Å². The molecule has 132 valence electrons. The van der Waals surface area contributed by atoms with Crippen LogP contribution in [0.5, 0.6) is 0 Å². The minimum absolute atomic E-state index is 0.319. The number of nitriles is 1. The summed E-state index contributed by atoms with van der Waals surface area (Å²) < 4.78 is 6.21. The molecule has 2 heteroatoms. The summed E-state index contributed by atoms with van der Waals surface area (Å²) in [7, 11) is 0. The van der Waals surface area contributed by atoms with Crippen LogP contribution in [0.3, 0.4) is 0 Å². The zero-order valence-corrected chi connectivity index (χ0v) is 15.3. The Bertz CT molecular complexity index is 332. The van der Waals surface area contributed by atoms with Gasteiger partial charge >= 0.3 is 0 Å². The summed E-state index contributed by atoms with van der Waals surface area (Å²) in [5, 5.41) is 8.96. The molecule has 0 aromatic carbocycles. The van der Waals surface area contributed by atoms with E-state index in [1.807, 2.05) is 0 Å². The zero-order chi connectivity index (χ0) is 16.3. The van der Waals surface area contributed by atoms with Crippen molar-refractivity contribution < 1.29 is 4.74 Å². The summed E-state index contributed by atoms with van der Waals surface area (Å²) in [6, 6.07) is 2.42. The molecule has 0 spiro atoms. The molecular weight excluding hydrogens is 282 g/mol. The van der Waals surface area contributed by atoms with Gasteiger partial charge in [-0.15, -0.1) is 0 Å². The highest BCUT2D eigenvalue weighted by atomic mass is 16.5. The van der Waals surface area contributed by atoms with Crippen molar-refractivity contribution in [3.63, 3.8) is 0 Å². The second-order valence-electron chi connectivity index (χ2n) is 8.03. The molecule has 0 atom stereocenters. The lowest BCUT2D eigenvalue weighted by Crippen LogP contribution is -2.26. The van der Waals surface area contributed by atoms with Crippen LogP contribution in [0.25, 0.3) is 0 Å². The number of rotatable bonds is 9. The fourth-order valence-corrected chi connectivity index (χ4v) is 4.35. The Labute approximate surface area is 144 Å². The van der Waals surface area contributed by atoms with E-state index in [9.17, 15) is 0 Å². The van der Waals surface area contributed by atoms with E-state index in [2.05, 4.69) is 13.0 Å². The number of hydrogen-bond donors (Lipinski definition) is 0. The van der Waals surface area contributed by atoms with Crippen LogP contribution < -0.4 is 0 Å². The highest BCUT2D eigenvalue weighted by Crippen LogP contribution is 2.32. The average molecular weight is 320 g/mol. The van der Waals surface area contributed by atoms with Crippen LogP contribution in [-0.2, 0) is 4.74 Å². The predicted molar refractivity (Wildman–Crippen MR) is 96.1 cm³/mol. The Balaban J connectivity index is 1.49. The van der Waals surface area contributed by atoms with E-state index in [1.165, 1.54) is 77.0 Å². The van der Waals surface area contributed by atoms with Crippen LogP contribution in [0.1, 0.15) is 96.8 Å². The van der Waals surface area contributed by atoms with Gasteiger partial charge in [0, 0.05) is 12.5 Å². The second kappa shape index (κ2) is 11.1. The molecule has 2 nitrogen and oxygen atoms in total. The molecule has 2 saturated carbocycles. The van der Waals surface area contributed by atoms with Crippen LogP contribution in [0.2, 0.25) is 0 Å². The standard InChI is InChI=1S/C21H37NO/c1-2-3-4-5-6-7-18-12-14-21(15-13-18)23-17-20-10-8-19(16-22)9-11-20/h18-21H,2-15,17H2,1H3. The lowest BCUT2D eigenvalue weighted by molar-refractivity contribution is -0.00895. The van der Waals surface area contributed by atoms with E-state index in [0.29, 0.717) is 12.0 Å². The zero-order valence-electron chi connectivity index (χ0n) is 15.3. The predicted octanol–water partition coefficient (Wildman–Crippen LogP) is 6.25.